The maximum Gasteiger partial charge on any atom is 0.279 e. The second-order valence-electron chi connectivity index (χ2n) is 6.36. The van der Waals surface area contributed by atoms with Crippen molar-refractivity contribution in [3.05, 3.63) is 51.2 Å². The smallest absolute Gasteiger partial charge is 0.279 e. The number of carbonyl (C=O) groups excluding carboxylic acids is 2. The number of para-hydroxylation sites is 1. The molecule has 0 spiro atoms. The van der Waals surface area contributed by atoms with Gasteiger partial charge in [-0.3, -0.25) is 9.59 Å². The molecule has 1 atom stereocenters. The van der Waals surface area contributed by atoms with Gasteiger partial charge in [0.25, 0.3) is 11.8 Å². The molecular formula is C18H21ClN3O2S+. The Morgan fingerprint density at radius 2 is 2.00 bits per heavy atom. The second-order valence-corrected chi connectivity index (χ2v) is 8.16. The quantitative estimate of drug-likeness (QED) is 0.689. The molecule has 2 aromatic rings. The molecule has 1 unspecified atom stereocenters. The molecule has 1 aromatic carbocycles. The van der Waals surface area contributed by atoms with E-state index in [2.05, 4.69) is 10.6 Å². The Labute approximate surface area is 156 Å². The summed E-state index contributed by atoms with van der Waals surface area (Å²) in [6.45, 7) is 1.04. The van der Waals surface area contributed by atoms with Crippen molar-refractivity contribution in [1.29, 1.82) is 0 Å². The van der Waals surface area contributed by atoms with Gasteiger partial charge in [0.1, 0.15) is 6.54 Å². The summed E-state index contributed by atoms with van der Waals surface area (Å²) in [6.07, 6.45) is 2.06. The van der Waals surface area contributed by atoms with E-state index in [1.807, 2.05) is 25.2 Å². The van der Waals surface area contributed by atoms with Crippen molar-refractivity contribution < 1.29 is 14.5 Å². The summed E-state index contributed by atoms with van der Waals surface area (Å²) >= 11 is 7.46. The number of nitrogens with one attached hydrogen (secondary N) is 3. The third-order valence-corrected chi connectivity index (χ3v) is 5.16. The number of hydrogen-bond donors (Lipinski definition) is 3. The Kier molecular flexibility index (Phi) is 5.73. The van der Waals surface area contributed by atoms with Crippen LogP contribution in [0.15, 0.2) is 36.4 Å². The molecule has 132 valence electrons. The summed E-state index contributed by atoms with van der Waals surface area (Å²) in [4.78, 5) is 26.8. The number of thiophene rings is 1. The Bertz CT molecular complexity index is 773. The zero-order valence-corrected chi connectivity index (χ0v) is 15.5. The van der Waals surface area contributed by atoms with E-state index in [0.29, 0.717) is 17.8 Å². The average Bonchev–Trinajstić information content (AvgIpc) is 3.28. The predicted octanol–water partition coefficient (Wildman–Crippen LogP) is 1.95. The van der Waals surface area contributed by atoms with E-state index in [1.54, 1.807) is 18.2 Å². The van der Waals surface area contributed by atoms with Gasteiger partial charge >= 0.3 is 0 Å². The summed E-state index contributed by atoms with van der Waals surface area (Å²) in [7, 11) is 1.96. The molecule has 1 fully saturated rings. The number of anilines is 1. The van der Waals surface area contributed by atoms with Crippen LogP contribution in [-0.2, 0) is 11.3 Å². The highest BCUT2D eigenvalue weighted by atomic mass is 35.5. The molecule has 2 amide bonds. The maximum atomic E-state index is 12.3. The number of halogens is 1. The van der Waals surface area contributed by atoms with Crippen LogP contribution in [0.5, 0.6) is 0 Å². The van der Waals surface area contributed by atoms with Crippen molar-refractivity contribution in [3.63, 3.8) is 0 Å². The third-order valence-electron chi connectivity index (χ3n) is 3.93. The standard InChI is InChI=1S/C18H20ClN3O2S/c1-22(10-13-8-9-16(19)25-13)11-17(23)21-15-5-3-2-4-14(15)18(24)20-12-6-7-12/h2-5,8-9,12H,6-7,10-11H2,1H3,(H,20,24)(H,21,23)/p+1. The fraction of sp³-hybridized carbons (Fsp3) is 0.333. The Morgan fingerprint density at radius 1 is 1.24 bits per heavy atom. The number of rotatable bonds is 7. The largest absolute Gasteiger partial charge is 0.349 e. The Balaban J connectivity index is 1.57. The molecule has 3 rings (SSSR count). The maximum absolute atomic E-state index is 12.3. The van der Waals surface area contributed by atoms with Gasteiger partial charge in [0.05, 0.1) is 27.5 Å². The van der Waals surface area contributed by atoms with Crippen molar-refractivity contribution >= 4 is 40.4 Å². The molecule has 1 aromatic heterocycles. The molecule has 0 radical (unpaired) electrons. The lowest BCUT2D eigenvalue weighted by molar-refractivity contribution is -0.884. The SMILES string of the molecule is C[NH+](CC(=O)Nc1ccccc1C(=O)NC1CC1)Cc1ccc(Cl)s1. The van der Waals surface area contributed by atoms with E-state index in [1.165, 1.54) is 11.3 Å². The molecule has 3 N–H and O–H groups in total. The van der Waals surface area contributed by atoms with Crippen LogP contribution in [0.3, 0.4) is 0 Å². The monoisotopic (exact) mass is 378 g/mol. The van der Waals surface area contributed by atoms with Gasteiger partial charge in [-0.15, -0.1) is 11.3 Å². The summed E-state index contributed by atoms with van der Waals surface area (Å²) in [5.41, 5.74) is 1.06. The van der Waals surface area contributed by atoms with E-state index in [-0.39, 0.29) is 17.9 Å². The van der Waals surface area contributed by atoms with Crippen molar-refractivity contribution in [3.8, 4) is 0 Å². The van der Waals surface area contributed by atoms with Crippen LogP contribution in [0.2, 0.25) is 4.34 Å². The van der Waals surface area contributed by atoms with E-state index in [4.69, 9.17) is 11.6 Å². The number of likely N-dealkylation sites (N-methyl/N-ethyl adjacent to an activating group) is 1. The van der Waals surface area contributed by atoms with Gasteiger partial charge in [0, 0.05) is 6.04 Å². The minimum atomic E-state index is -0.132. The first-order chi connectivity index (χ1) is 12.0. The van der Waals surface area contributed by atoms with E-state index in [0.717, 1.165) is 33.5 Å². The van der Waals surface area contributed by atoms with Crippen molar-refractivity contribution in [2.24, 2.45) is 0 Å². The Hall–Kier alpha value is -1.89. The fourth-order valence-corrected chi connectivity index (χ4v) is 3.76. The van der Waals surface area contributed by atoms with Crippen molar-refractivity contribution in [1.82, 2.24) is 5.32 Å². The van der Waals surface area contributed by atoms with Crippen LogP contribution in [-0.4, -0.2) is 31.4 Å². The summed E-state index contributed by atoms with van der Waals surface area (Å²) in [5.74, 6) is -0.251. The Morgan fingerprint density at radius 3 is 2.68 bits per heavy atom. The van der Waals surface area contributed by atoms with Crippen molar-refractivity contribution in [2.75, 3.05) is 18.9 Å². The summed E-state index contributed by atoms with van der Waals surface area (Å²) in [6, 6.07) is 11.2. The molecule has 7 heteroatoms. The van der Waals surface area contributed by atoms with Crippen molar-refractivity contribution in [2.45, 2.75) is 25.4 Å². The first-order valence-electron chi connectivity index (χ1n) is 8.26. The molecule has 25 heavy (non-hydrogen) atoms. The van der Waals surface area contributed by atoms with E-state index in [9.17, 15) is 9.59 Å². The number of hydrogen-bond acceptors (Lipinski definition) is 3. The average molecular weight is 379 g/mol. The second kappa shape index (κ2) is 7.99. The number of carbonyl (C=O) groups is 2. The lowest BCUT2D eigenvalue weighted by Crippen LogP contribution is -3.08. The van der Waals surface area contributed by atoms with Crippen LogP contribution >= 0.6 is 22.9 Å². The first kappa shape index (κ1) is 17.9. The van der Waals surface area contributed by atoms with Gasteiger partial charge < -0.3 is 15.5 Å². The van der Waals surface area contributed by atoms with Gasteiger partial charge in [-0.1, -0.05) is 23.7 Å². The normalized spacial score (nSPS) is 14.8. The van der Waals surface area contributed by atoms with E-state index < -0.39 is 0 Å². The van der Waals surface area contributed by atoms with Gasteiger partial charge in [0.2, 0.25) is 0 Å². The lowest BCUT2D eigenvalue weighted by Gasteiger charge is -2.14. The molecule has 1 aliphatic rings. The predicted molar refractivity (Wildman–Crippen MR) is 100 cm³/mol. The number of amides is 2. The van der Waals surface area contributed by atoms with Gasteiger partial charge in [0.15, 0.2) is 6.54 Å². The molecule has 0 saturated heterocycles. The third kappa shape index (κ3) is 5.29. The van der Waals surface area contributed by atoms with Crippen LogP contribution in [0.1, 0.15) is 28.1 Å². The molecule has 0 aliphatic heterocycles. The fourth-order valence-electron chi connectivity index (χ4n) is 2.56. The molecule has 1 heterocycles. The lowest BCUT2D eigenvalue weighted by atomic mass is 10.1. The van der Waals surface area contributed by atoms with Gasteiger partial charge in [-0.05, 0) is 37.1 Å². The molecule has 5 nitrogen and oxygen atoms in total. The highest BCUT2D eigenvalue weighted by molar-refractivity contribution is 7.16. The zero-order valence-electron chi connectivity index (χ0n) is 14.0. The minimum Gasteiger partial charge on any atom is -0.349 e. The first-order valence-corrected chi connectivity index (χ1v) is 9.46. The summed E-state index contributed by atoms with van der Waals surface area (Å²) in [5, 5.41) is 5.82. The molecule has 0 bridgehead atoms. The molecular weight excluding hydrogens is 358 g/mol. The minimum absolute atomic E-state index is 0.119. The van der Waals surface area contributed by atoms with Crippen LogP contribution in [0, 0.1) is 0 Å². The van der Waals surface area contributed by atoms with Crippen LogP contribution < -0.4 is 15.5 Å². The molecule has 1 aliphatic carbocycles. The highest BCUT2D eigenvalue weighted by Gasteiger charge is 2.25. The topological polar surface area (TPSA) is 62.6 Å². The number of benzene rings is 1. The van der Waals surface area contributed by atoms with Gasteiger partial charge in [-0.25, -0.2) is 0 Å². The highest BCUT2D eigenvalue weighted by Crippen LogP contribution is 2.22. The van der Waals surface area contributed by atoms with Gasteiger partial charge in [-0.2, -0.15) is 0 Å². The molecule has 1 saturated carbocycles. The van der Waals surface area contributed by atoms with Crippen LogP contribution in [0.4, 0.5) is 5.69 Å². The van der Waals surface area contributed by atoms with E-state index >= 15 is 0 Å². The number of quaternary nitrogens is 1. The van der Waals surface area contributed by atoms with Crippen LogP contribution in [0.25, 0.3) is 0 Å². The zero-order chi connectivity index (χ0) is 17.8. The summed E-state index contributed by atoms with van der Waals surface area (Å²) < 4.78 is 0.753.